The van der Waals surface area contributed by atoms with Crippen molar-refractivity contribution in [2.24, 2.45) is 11.8 Å². The van der Waals surface area contributed by atoms with Crippen LogP contribution >= 0.6 is 12.4 Å². The van der Waals surface area contributed by atoms with Crippen molar-refractivity contribution >= 4 is 24.5 Å². The molecule has 1 aromatic carbocycles. The molecule has 3 nitrogen and oxygen atoms in total. The molecule has 2 N–H and O–H groups in total. The lowest BCUT2D eigenvalue weighted by atomic mass is 9.79. The maximum atomic E-state index is 11.2. The van der Waals surface area contributed by atoms with Gasteiger partial charge in [0, 0.05) is 12.6 Å². The fraction of sp³-hybridized carbons (Fsp3) is 0.312. The zero-order valence-electron chi connectivity index (χ0n) is 11.0. The molecule has 1 aliphatic carbocycles. The number of rotatable bonds is 1. The molecular formula is C16H18ClNO2. The lowest BCUT2D eigenvalue weighted by Gasteiger charge is -2.35. The monoisotopic (exact) mass is 291 g/mol. The minimum Gasteiger partial charge on any atom is -0.481 e. The van der Waals surface area contributed by atoms with E-state index in [4.69, 9.17) is 0 Å². The summed E-state index contributed by atoms with van der Waals surface area (Å²) in [6.45, 7) is 0.544. The van der Waals surface area contributed by atoms with E-state index in [9.17, 15) is 9.90 Å². The molecule has 1 fully saturated rings. The molecule has 0 amide bonds. The second-order valence-corrected chi connectivity index (χ2v) is 5.19. The van der Waals surface area contributed by atoms with Gasteiger partial charge in [0.2, 0.25) is 0 Å². The van der Waals surface area contributed by atoms with E-state index in [0.29, 0.717) is 13.0 Å². The smallest absolute Gasteiger partial charge is 0.307 e. The number of fused-ring (bicyclic) bond motifs is 3. The first kappa shape index (κ1) is 14.8. The van der Waals surface area contributed by atoms with Crippen molar-refractivity contribution < 1.29 is 9.90 Å². The third kappa shape index (κ3) is 2.79. The SMILES string of the molecule is Cl.O=C(O)C1CNC2c3ccccc3/C=C\C=C/C2C1. The zero-order chi connectivity index (χ0) is 13.2. The molecule has 2 aliphatic rings. The molecule has 0 spiro atoms. The average Bonchev–Trinajstić information content (AvgIpc) is 2.41. The molecule has 1 aromatic rings. The van der Waals surface area contributed by atoms with E-state index >= 15 is 0 Å². The van der Waals surface area contributed by atoms with Crippen molar-refractivity contribution in [2.45, 2.75) is 12.5 Å². The third-order valence-corrected chi connectivity index (χ3v) is 3.99. The topological polar surface area (TPSA) is 49.3 Å². The Hall–Kier alpha value is -1.58. The summed E-state index contributed by atoms with van der Waals surface area (Å²) in [6.07, 6.45) is 8.98. The summed E-state index contributed by atoms with van der Waals surface area (Å²) in [6, 6.07) is 8.53. The molecule has 0 radical (unpaired) electrons. The Morgan fingerprint density at radius 2 is 2.05 bits per heavy atom. The molecule has 1 aliphatic heterocycles. The number of carboxylic acids is 1. The largest absolute Gasteiger partial charge is 0.481 e. The van der Waals surface area contributed by atoms with Crippen LogP contribution < -0.4 is 5.32 Å². The fourth-order valence-corrected chi connectivity index (χ4v) is 3.00. The summed E-state index contributed by atoms with van der Waals surface area (Å²) in [5.41, 5.74) is 2.47. The summed E-state index contributed by atoms with van der Waals surface area (Å²) < 4.78 is 0. The number of allylic oxidation sites excluding steroid dienone is 2. The van der Waals surface area contributed by atoms with Crippen molar-refractivity contribution in [2.75, 3.05) is 6.54 Å². The van der Waals surface area contributed by atoms with E-state index in [2.05, 4.69) is 29.6 Å². The van der Waals surface area contributed by atoms with Crippen LogP contribution in [0.1, 0.15) is 23.6 Å². The molecule has 1 heterocycles. The predicted molar refractivity (Wildman–Crippen MR) is 81.8 cm³/mol. The standard InChI is InChI=1S/C16H17NO2.ClH/c18-16(19)13-9-12-7-2-1-5-11-6-3-4-8-14(11)15(12)17-10-13;/h1-8,12-13,15,17H,9-10H2,(H,18,19);1H/b5-1-,7-2-;. The highest BCUT2D eigenvalue weighted by molar-refractivity contribution is 5.85. The Labute approximate surface area is 124 Å². The molecule has 1 saturated heterocycles. The second-order valence-electron chi connectivity index (χ2n) is 5.19. The number of hydrogen-bond acceptors (Lipinski definition) is 2. The minimum absolute atomic E-state index is 0. The first-order valence-electron chi connectivity index (χ1n) is 6.65. The van der Waals surface area contributed by atoms with Crippen molar-refractivity contribution in [1.29, 1.82) is 0 Å². The van der Waals surface area contributed by atoms with Gasteiger partial charge in [0.15, 0.2) is 0 Å². The minimum atomic E-state index is -0.703. The number of halogens is 1. The van der Waals surface area contributed by atoms with Gasteiger partial charge >= 0.3 is 5.97 Å². The van der Waals surface area contributed by atoms with Crippen LogP contribution in [-0.2, 0) is 4.79 Å². The van der Waals surface area contributed by atoms with Crippen LogP contribution in [-0.4, -0.2) is 17.6 Å². The molecule has 20 heavy (non-hydrogen) atoms. The fourth-order valence-electron chi connectivity index (χ4n) is 3.00. The van der Waals surface area contributed by atoms with Crippen molar-refractivity contribution in [1.82, 2.24) is 5.32 Å². The summed E-state index contributed by atoms with van der Waals surface area (Å²) >= 11 is 0. The summed E-state index contributed by atoms with van der Waals surface area (Å²) in [4.78, 5) is 11.2. The maximum absolute atomic E-state index is 11.2. The molecule has 0 aromatic heterocycles. The van der Waals surface area contributed by atoms with Crippen LogP contribution in [0.25, 0.3) is 6.08 Å². The van der Waals surface area contributed by atoms with Crippen molar-refractivity contribution in [3.05, 3.63) is 53.6 Å². The third-order valence-electron chi connectivity index (χ3n) is 3.99. The van der Waals surface area contributed by atoms with Gasteiger partial charge in [-0.3, -0.25) is 4.79 Å². The average molecular weight is 292 g/mol. The molecular weight excluding hydrogens is 274 g/mol. The van der Waals surface area contributed by atoms with E-state index in [0.717, 1.165) is 0 Å². The van der Waals surface area contributed by atoms with E-state index in [-0.39, 0.29) is 30.3 Å². The van der Waals surface area contributed by atoms with Crippen LogP contribution in [0.5, 0.6) is 0 Å². The van der Waals surface area contributed by atoms with E-state index in [1.54, 1.807) is 0 Å². The van der Waals surface area contributed by atoms with E-state index in [1.807, 2.05) is 24.3 Å². The maximum Gasteiger partial charge on any atom is 0.307 e. The highest BCUT2D eigenvalue weighted by Gasteiger charge is 2.33. The number of carbonyl (C=O) groups is 1. The van der Waals surface area contributed by atoms with Gasteiger partial charge < -0.3 is 10.4 Å². The van der Waals surface area contributed by atoms with Gasteiger partial charge in [0.1, 0.15) is 0 Å². The first-order chi connectivity index (χ1) is 9.25. The Balaban J connectivity index is 0.00000147. The van der Waals surface area contributed by atoms with Crippen molar-refractivity contribution in [3.63, 3.8) is 0 Å². The molecule has 4 heteroatoms. The van der Waals surface area contributed by atoms with E-state index < -0.39 is 5.97 Å². The zero-order valence-corrected chi connectivity index (χ0v) is 11.8. The Morgan fingerprint density at radius 1 is 1.25 bits per heavy atom. The Morgan fingerprint density at radius 3 is 2.85 bits per heavy atom. The van der Waals surface area contributed by atoms with E-state index in [1.165, 1.54) is 11.1 Å². The van der Waals surface area contributed by atoms with Crippen LogP contribution in [0.2, 0.25) is 0 Å². The molecule has 3 unspecified atom stereocenters. The second kappa shape index (κ2) is 6.25. The normalized spacial score (nSPS) is 30.7. The van der Waals surface area contributed by atoms with Gasteiger partial charge in [0.05, 0.1) is 5.92 Å². The molecule has 0 bridgehead atoms. The molecule has 106 valence electrons. The van der Waals surface area contributed by atoms with Crippen LogP contribution in [0.3, 0.4) is 0 Å². The predicted octanol–water partition coefficient (Wildman–Crippen LogP) is 3.04. The molecule has 3 rings (SSSR count). The van der Waals surface area contributed by atoms with Crippen LogP contribution in [0.4, 0.5) is 0 Å². The number of carboxylic acid groups (broad SMARTS) is 1. The molecule has 0 saturated carbocycles. The van der Waals surface area contributed by atoms with Crippen LogP contribution in [0, 0.1) is 11.8 Å². The first-order valence-corrected chi connectivity index (χ1v) is 6.65. The number of nitrogens with one attached hydrogen (secondary N) is 1. The van der Waals surface area contributed by atoms with Gasteiger partial charge in [-0.2, -0.15) is 0 Å². The Kier molecular flexibility index (Phi) is 4.63. The highest BCUT2D eigenvalue weighted by atomic mass is 35.5. The van der Waals surface area contributed by atoms with Gasteiger partial charge in [-0.25, -0.2) is 0 Å². The van der Waals surface area contributed by atoms with Crippen molar-refractivity contribution in [3.8, 4) is 0 Å². The molecule has 3 atom stereocenters. The van der Waals surface area contributed by atoms with Gasteiger partial charge in [-0.15, -0.1) is 12.4 Å². The van der Waals surface area contributed by atoms with Gasteiger partial charge in [0.25, 0.3) is 0 Å². The van der Waals surface area contributed by atoms with Crippen LogP contribution in [0.15, 0.2) is 42.5 Å². The number of aliphatic carboxylic acids is 1. The summed E-state index contributed by atoms with van der Waals surface area (Å²) in [5.74, 6) is -0.757. The van der Waals surface area contributed by atoms with Gasteiger partial charge in [-0.05, 0) is 23.5 Å². The quantitative estimate of drug-likeness (QED) is 0.836. The number of benzene rings is 1. The van der Waals surface area contributed by atoms with Gasteiger partial charge in [-0.1, -0.05) is 48.6 Å². The summed E-state index contributed by atoms with van der Waals surface area (Å²) in [7, 11) is 0. The Bertz CT molecular complexity index is 553. The number of hydrogen-bond donors (Lipinski definition) is 2. The summed E-state index contributed by atoms with van der Waals surface area (Å²) in [5, 5.41) is 12.6. The lowest BCUT2D eigenvalue weighted by Crippen LogP contribution is -2.42. The lowest BCUT2D eigenvalue weighted by molar-refractivity contribution is -0.142. The highest BCUT2D eigenvalue weighted by Crippen LogP contribution is 2.35. The number of piperidine rings is 1.